The van der Waals surface area contributed by atoms with E-state index in [2.05, 4.69) is 25.6 Å². The number of hydrogen-bond acceptors (Lipinski definition) is 4. The lowest BCUT2D eigenvalue weighted by Crippen LogP contribution is -2.14. The van der Waals surface area contributed by atoms with Gasteiger partial charge in [0.1, 0.15) is 5.69 Å². The van der Waals surface area contributed by atoms with Gasteiger partial charge in [-0.15, -0.1) is 0 Å². The number of benzene rings is 1. The number of H-pyrrole nitrogens is 1. The molecular weight excluding hydrogens is 328 g/mol. The van der Waals surface area contributed by atoms with Gasteiger partial charge >= 0.3 is 0 Å². The average molecular weight is 344 g/mol. The Morgan fingerprint density at radius 3 is 2.73 bits per heavy atom. The lowest BCUT2D eigenvalue weighted by molar-refractivity contribution is 0.102. The summed E-state index contributed by atoms with van der Waals surface area (Å²) in [6.07, 6.45) is 5.03. The van der Waals surface area contributed by atoms with E-state index in [0.717, 1.165) is 5.56 Å². The van der Waals surface area contributed by atoms with Crippen molar-refractivity contribution in [3.05, 3.63) is 84.4 Å². The first-order valence-electron chi connectivity index (χ1n) is 8.13. The summed E-state index contributed by atoms with van der Waals surface area (Å²) in [5, 5.41) is 14.0. The highest BCUT2D eigenvalue weighted by Crippen LogP contribution is 2.23. The Kier molecular flexibility index (Phi) is 4.26. The predicted octanol–water partition coefficient (Wildman–Crippen LogP) is 2.97. The molecule has 0 aliphatic carbocycles. The Morgan fingerprint density at radius 2 is 1.92 bits per heavy atom. The SMILES string of the molecule is O=C(Nc1cn[nH]c1-c1ccccn1)c1ccn(Cc2ccccc2)n1. The quantitative estimate of drug-likeness (QED) is 0.582. The minimum absolute atomic E-state index is 0.296. The van der Waals surface area contributed by atoms with E-state index in [0.29, 0.717) is 29.3 Å². The van der Waals surface area contributed by atoms with Crippen molar-refractivity contribution in [3.8, 4) is 11.4 Å². The number of hydrogen-bond donors (Lipinski definition) is 2. The van der Waals surface area contributed by atoms with Crippen molar-refractivity contribution in [2.45, 2.75) is 6.54 Å². The molecule has 0 saturated heterocycles. The molecule has 3 heterocycles. The molecule has 7 nitrogen and oxygen atoms in total. The maximum absolute atomic E-state index is 12.5. The molecule has 4 rings (SSSR count). The highest BCUT2D eigenvalue weighted by Gasteiger charge is 2.15. The molecule has 0 radical (unpaired) electrons. The monoisotopic (exact) mass is 344 g/mol. The minimum atomic E-state index is -0.296. The molecule has 0 aliphatic rings. The van der Waals surface area contributed by atoms with Crippen molar-refractivity contribution in [2.24, 2.45) is 0 Å². The Balaban J connectivity index is 1.49. The number of aromatic amines is 1. The first kappa shape index (κ1) is 15.8. The molecule has 0 spiro atoms. The second-order valence-corrected chi connectivity index (χ2v) is 5.71. The summed E-state index contributed by atoms with van der Waals surface area (Å²) >= 11 is 0. The van der Waals surface area contributed by atoms with E-state index in [-0.39, 0.29) is 5.91 Å². The number of carbonyl (C=O) groups is 1. The number of amides is 1. The molecule has 0 bridgehead atoms. The highest BCUT2D eigenvalue weighted by molar-refractivity contribution is 6.04. The summed E-state index contributed by atoms with van der Waals surface area (Å²) in [6, 6.07) is 17.2. The van der Waals surface area contributed by atoms with Crippen molar-refractivity contribution in [2.75, 3.05) is 5.32 Å². The topological polar surface area (TPSA) is 88.5 Å². The Morgan fingerprint density at radius 1 is 1.08 bits per heavy atom. The second-order valence-electron chi connectivity index (χ2n) is 5.71. The third-order valence-electron chi connectivity index (χ3n) is 3.87. The van der Waals surface area contributed by atoms with Gasteiger partial charge in [-0.2, -0.15) is 10.2 Å². The molecule has 128 valence electrons. The number of carbonyl (C=O) groups excluding carboxylic acids is 1. The maximum atomic E-state index is 12.5. The van der Waals surface area contributed by atoms with Crippen LogP contribution in [0.15, 0.2) is 73.2 Å². The zero-order valence-corrected chi connectivity index (χ0v) is 13.8. The number of rotatable bonds is 5. The van der Waals surface area contributed by atoms with Crippen molar-refractivity contribution in [1.29, 1.82) is 0 Å². The molecule has 0 aliphatic heterocycles. The van der Waals surface area contributed by atoms with Crippen LogP contribution in [0.1, 0.15) is 16.1 Å². The van der Waals surface area contributed by atoms with Crippen molar-refractivity contribution in [1.82, 2.24) is 25.0 Å². The summed E-state index contributed by atoms with van der Waals surface area (Å²) < 4.78 is 1.74. The van der Waals surface area contributed by atoms with E-state index in [1.54, 1.807) is 29.3 Å². The van der Waals surface area contributed by atoms with E-state index in [9.17, 15) is 4.79 Å². The number of pyridine rings is 1. The van der Waals surface area contributed by atoms with Crippen LogP contribution in [0.4, 0.5) is 5.69 Å². The van der Waals surface area contributed by atoms with Crippen molar-refractivity contribution < 1.29 is 4.79 Å². The largest absolute Gasteiger partial charge is 0.317 e. The van der Waals surface area contributed by atoms with Gasteiger partial charge in [-0.1, -0.05) is 36.4 Å². The maximum Gasteiger partial charge on any atom is 0.276 e. The minimum Gasteiger partial charge on any atom is -0.317 e. The molecule has 4 aromatic rings. The fourth-order valence-corrected chi connectivity index (χ4v) is 2.61. The fourth-order valence-electron chi connectivity index (χ4n) is 2.61. The van der Waals surface area contributed by atoms with Gasteiger partial charge in [0.15, 0.2) is 5.69 Å². The molecule has 1 amide bonds. The molecule has 26 heavy (non-hydrogen) atoms. The summed E-state index contributed by atoms with van der Waals surface area (Å²) in [7, 11) is 0. The van der Waals surface area contributed by atoms with Gasteiger partial charge in [0.25, 0.3) is 5.91 Å². The van der Waals surface area contributed by atoms with Gasteiger partial charge in [0.05, 0.1) is 24.1 Å². The molecule has 0 fully saturated rings. The lowest BCUT2D eigenvalue weighted by Gasteiger charge is -2.04. The van der Waals surface area contributed by atoms with E-state index in [1.165, 1.54) is 0 Å². The molecule has 0 atom stereocenters. The summed E-state index contributed by atoms with van der Waals surface area (Å²) in [5.41, 5.74) is 3.38. The lowest BCUT2D eigenvalue weighted by atomic mass is 10.2. The van der Waals surface area contributed by atoms with E-state index >= 15 is 0 Å². The molecule has 0 unspecified atom stereocenters. The van der Waals surface area contributed by atoms with Gasteiger partial charge in [0.2, 0.25) is 0 Å². The summed E-state index contributed by atoms with van der Waals surface area (Å²) in [4.78, 5) is 16.8. The van der Waals surface area contributed by atoms with Crippen LogP contribution < -0.4 is 5.32 Å². The van der Waals surface area contributed by atoms with E-state index < -0.39 is 0 Å². The number of nitrogens with zero attached hydrogens (tertiary/aromatic N) is 4. The number of nitrogens with one attached hydrogen (secondary N) is 2. The van der Waals surface area contributed by atoms with Gasteiger partial charge in [0, 0.05) is 12.4 Å². The van der Waals surface area contributed by atoms with Crippen LogP contribution in [0.25, 0.3) is 11.4 Å². The zero-order chi connectivity index (χ0) is 17.8. The second kappa shape index (κ2) is 7.02. The van der Waals surface area contributed by atoms with E-state index in [4.69, 9.17) is 0 Å². The first-order chi connectivity index (χ1) is 12.8. The molecule has 7 heteroatoms. The Bertz CT molecular complexity index is 1010. The van der Waals surface area contributed by atoms with Gasteiger partial charge in [-0.3, -0.25) is 19.6 Å². The number of aromatic nitrogens is 5. The van der Waals surface area contributed by atoms with Gasteiger partial charge in [-0.05, 0) is 23.8 Å². The molecule has 0 saturated carbocycles. The Hall–Kier alpha value is -3.74. The summed E-state index contributed by atoms with van der Waals surface area (Å²) in [5.74, 6) is -0.296. The third kappa shape index (κ3) is 3.36. The van der Waals surface area contributed by atoms with Crippen LogP contribution in [0, 0.1) is 0 Å². The van der Waals surface area contributed by atoms with Crippen LogP contribution in [0.5, 0.6) is 0 Å². The van der Waals surface area contributed by atoms with Crippen LogP contribution in [-0.2, 0) is 6.54 Å². The van der Waals surface area contributed by atoms with Crippen LogP contribution in [0.2, 0.25) is 0 Å². The predicted molar refractivity (Wildman–Crippen MR) is 97.5 cm³/mol. The first-order valence-corrected chi connectivity index (χ1v) is 8.13. The third-order valence-corrected chi connectivity index (χ3v) is 3.87. The van der Waals surface area contributed by atoms with E-state index in [1.807, 2.05) is 48.5 Å². The highest BCUT2D eigenvalue weighted by atomic mass is 16.2. The molecule has 3 aromatic heterocycles. The number of anilines is 1. The van der Waals surface area contributed by atoms with Crippen LogP contribution in [-0.4, -0.2) is 30.9 Å². The van der Waals surface area contributed by atoms with Crippen LogP contribution >= 0.6 is 0 Å². The van der Waals surface area contributed by atoms with Gasteiger partial charge < -0.3 is 5.32 Å². The summed E-state index contributed by atoms with van der Waals surface area (Å²) in [6.45, 7) is 0.610. The standard InChI is InChI=1S/C19H16N6O/c26-19(16-9-11-25(24-16)13-14-6-2-1-3-7-14)22-17-12-21-23-18(17)15-8-4-5-10-20-15/h1-12H,13H2,(H,21,23)(H,22,26). The average Bonchev–Trinajstić information content (AvgIpc) is 3.33. The van der Waals surface area contributed by atoms with Gasteiger partial charge in [-0.25, -0.2) is 0 Å². The van der Waals surface area contributed by atoms with Crippen molar-refractivity contribution in [3.63, 3.8) is 0 Å². The fraction of sp³-hybridized carbons (Fsp3) is 0.0526. The normalized spacial score (nSPS) is 10.6. The zero-order valence-electron chi connectivity index (χ0n) is 13.8. The Labute approximate surface area is 149 Å². The smallest absolute Gasteiger partial charge is 0.276 e. The van der Waals surface area contributed by atoms with Crippen molar-refractivity contribution >= 4 is 11.6 Å². The molecular formula is C19H16N6O. The molecule has 1 aromatic carbocycles. The molecule has 2 N–H and O–H groups in total. The van der Waals surface area contributed by atoms with Crippen LogP contribution in [0.3, 0.4) is 0 Å².